The number of benzene rings is 3. The molecule has 0 unspecified atom stereocenters. The molecule has 0 aliphatic carbocycles. The fourth-order valence-electron chi connectivity index (χ4n) is 3.79. The standard InChI is InChI=1S/C26H22F2N2O2/c1-2-20-23(18-9-4-3-5-10-18)29-25(21-12-7-13-22(28)24(21)31)30(26(20)32)15-14-17-8-6-11-19(27)16-17/h3-13,16,31H,2,14-15H2,1H3. The second-order valence-electron chi connectivity index (χ2n) is 7.45. The van der Waals surface area contributed by atoms with Crippen molar-refractivity contribution in [3.8, 4) is 28.4 Å². The van der Waals surface area contributed by atoms with E-state index in [2.05, 4.69) is 0 Å². The van der Waals surface area contributed by atoms with E-state index < -0.39 is 11.6 Å². The number of phenolic OH excluding ortho intramolecular Hbond substituents is 1. The molecule has 0 aliphatic rings. The zero-order chi connectivity index (χ0) is 22.7. The summed E-state index contributed by atoms with van der Waals surface area (Å²) in [6.07, 6.45) is 0.821. The van der Waals surface area contributed by atoms with Gasteiger partial charge in [0.05, 0.1) is 11.3 Å². The number of para-hydroxylation sites is 1. The first-order valence-electron chi connectivity index (χ1n) is 10.4. The van der Waals surface area contributed by atoms with Gasteiger partial charge >= 0.3 is 0 Å². The molecule has 0 spiro atoms. The number of nitrogens with zero attached hydrogens (tertiary/aromatic N) is 2. The Bertz CT molecular complexity index is 1320. The lowest BCUT2D eigenvalue weighted by atomic mass is 10.0. The van der Waals surface area contributed by atoms with Gasteiger partial charge in [-0.25, -0.2) is 13.8 Å². The normalized spacial score (nSPS) is 11.0. The van der Waals surface area contributed by atoms with Gasteiger partial charge in [-0.3, -0.25) is 9.36 Å². The maximum atomic E-state index is 14.2. The Hall–Kier alpha value is -3.80. The third-order valence-corrected chi connectivity index (χ3v) is 5.40. The number of rotatable bonds is 6. The van der Waals surface area contributed by atoms with Crippen molar-refractivity contribution in [2.75, 3.05) is 0 Å². The van der Waals surface area contributed by atoms with Crippen molar-refractivity contribution in [1.29, 1.82) is 0 Å². The summed E-state index contributed by atoms with van der Waals surface area (Å²) in [4.78, 5) is 18.3. The minimum Gasteiger partial charge on any atom is -0.504 e. The third-order valence-electron chi connectivity index (χ3n) is 5.40. The van der Waals surface area contributed by atoms with Crippen LogP contribution in [-0.2, 0) is 19.4 Å². The quantitative estimate of drug-likeness (QED) is 0.446. The largest absolute Gasteiger partial charge is 0.504 e. The van der Waals surface area contributed by atoms with Crippen molar-refractivity contribution in [3.63, 3.8) is 0 Å². The Balaban J connectivity index is 1.92. The summed E-state index contributed by atoms with van der Waals surface area (Å²) in [5.74, 6) is -1.56. The highest BCUT2D eigenvalue weighted by Gasteiger charge is 2.21. The van der Waals surface area contributed by atoms with E-state index in [1.165, 1.54) is 28.8 Å². The van der Waals surface area contributed by atoms with Gasteiger partial charge in [-0.1, -0.05) is 55.5 Å². The molecule has 1 N–H and O–H groups in total. The number of hydrogen-bond donors (Lipinski definition) is 1. The van der Waals surface area contributed by atoms with Crippen LogP contribution in [0.4, 0.5) is 8.78 Å². The van der Waals surface area contributed by atoms with Crippen LogP contribution < -0.4 is 5.56 Å². The lowest BCUT2D eigenvalue weighted by Crippen LogP contribution is -2.28. The summed E-state index contributed by atoms with van der Waals surface area (Å²) in [6.45, 7) is 2.07. The molecule has 0 aliphatic heterocycles. The minimum atomic E-state index is -0.797. The zero-order valence-corrected chi connectivity index (χ0v) is 17.6. The Labute approximate surface area is 184 Å². The van der Waals surface area contributed by atoms with Gasteiger partial charge in [-0.2, -0.15) is 0 Å². The van der Waals surface area contributed by atoms with Crippen LogP contribution in [0.5, 0.6) is 5.75 Å². The van der Waals surface area contributed by atoms with Gasteiger partial charge in [-0.05, 0) is 42.7 Å². The van der Waals surface area contributed by atoms with Gasteiger partial charge in [0.1, 0.15) is 11.6 Å². The van der Waals surface area contributed by atoms with Crippen molar-refractivity contribution in [3.05, 3.63) is 106 Å². The van der Waals surface area contributed by atoms with Crippen LogP contribution >= 0.6 is 0 Å². The molecular formula is C26H22F2N2O2. The van der Waals surface area contributed by atoms with Gasteiger partial charge in [-0.15, -0.1) is 0 Å². The van der Waals surface area contributed by atoms with Crippen molar-refractivity contribution >= 4 is 0 Å². The van der Waals surface area contributed by atoms with E-state index in [9.17, 15) is 18.7 Å². The average molecular weight is 432 g/mol. The Morgan fingerprint density at radius 1 is 0.969 bits per heavy atom. The molecule has 0 fully saturated rings. The molecule has 1 aromatic heterocycles. The molecule has 0 radical (unpaired) electrons. The molecule has 4 aromatic rings. The summed E-state index contributed by atoms with van der Waals surface area (Å²) in [5.41, 5.74) is 2.36. The van der Waals surface area contributed by atoms with Crippen LogP contribution in [0.15, 0.2) is 77.6 Å². The monoisotopic (exact) mass is 432 g/mol. The predicted octanol–water partition coefficient (Wildman–Crippen LogP) is 5.37. The van der Waals surface area contributed by atoms with Crippen LogP contribution in [0.1, 0.15) is 18.1 Å². The summed E-state index contributed by atoms with van der Waals surface area (Å²) >= 11 is 0. The molecule has 4 rings (SSSR count). The van der Waals surface area contributed by atoms with Crippen molar-refractivity contribution in [2.45, 2.75) is 26.3 Å². The SMILES string of the molecule is CCc1c(-c2ccccc2)nc(-c2cccc(F)c2O)n(CCc2cccc(F)c2)c1=O. The molecule has 162 valence electrons. The molecule has 0 saturated carbocycles. The molecule has 0 bridgehead atoms. The van der Waals surface area contributed by atoms with E-state index in [0.717, 1.165) is 17.2 Å². The molecule has 4 nitrogen and oxygen atoms in total. The predicted molar refractivity (Wildman–Crippen MR) is 120 cm³/mol. The first-order chi connectivity index (χ1) is 15.5. The molecular weight excluding hydrogens is 410 g/mol. The molecule has 3 aromatic carbocycles. The maximum Gasteiger partial charge on any atom is 0.257 e. The molecule has 0 saturated heterocycles. The summed E-state index contributed by atoms with van der Waals surface area (Å²) in [6, 6.07) is 19.6. The summed E-state index contributed by atoms with van der Waals surface area (Å²) < 4.78 is 29.2. The third kappa shape index (κ3) is 4.17. The lowest BCUT2D eigenvalue weighted by molar-refractivity contribution is 0.433. The van der Waals surface area contributed by atoms with Crippen molar-refractivity contribution in [1.82, 2.24) is 9.55 Å². The molecule has 0 atom stereocenters. The van der Waals surface area contributed by atoms with Gasteiger partial charge in [0.15, 0.2) is 11.6 Å². The highest BCUT2D eigenvalue weighted by molar-refractivity contribution is 5.70. The first kappa shape index (κ1) is 21.4. The number of phenols is 1. The van der Waals surface area contributed by atoms with Crippen LogP contribution in [0.2, 0.25) is 0 Å². The minimum absolute atomic E-state index is 0.126. The van der Waals surface area contributed by atoms with E-state index in [4.69, 9.17) is 4.98 Å². The molecule has 32 heavy (non-hydrogen) atoms. The Morgan fingerprint density at radius 3 is 2.44 bits per heavy atom. The fourth-order valence-corrected chi connectivity index (χ4v) is 3.79. The summed E-state index contributed by atoms with van der Waals surface area (Å²) in [7, 11) is 0. The van der Waals surface area contributed by atoms with Gasteiger partial charge < -0.3 is 5.11 Å². The number of aryl methyl sites for hydroxylation is 1. The second kappa shape index (κ2) is 9.14. The van der Waals surface area contributed by atoms with Gasteiger partial charge in [0, 0.05) is 17.7 Å². The first-order valence-corrected chi connectivity index (χ1v) is 10.4. The highest BCUT2D eigenvalue weighted by atomic mass is 19.1. The zero-order valence-electron chi connectivity index (χ0n) is 17.6. The van der Waals surface area contributed by atoms with E-state index >= 15 is 0 Å². The van der Waals surface area contributed by atoms with Crippen molar-refractivity contribution in [2.24, 2.45) is 0 Å². The van der Waals surface area contributed by atoms with E-state index in [0.29, 0.717) is 24.1 Å². The Kier molecular flexibility index (Phi) is 6.12. The van der Waals surface area contributed by atoms with Crippen LogP contribution in [-0.4, -0.2) is 14.7 Å². The smallest absolute Gasteiger partial charge is 0.257 e. The maximum absolute atomic E-state index is 14.2. The van der Waals surface area contributed by atoms with E-state index in [-0.39, 0.29) is 29.3 Å². The number of aromatic nitrogens is 2. The van der Waals surface area contributed by atoms with Crippen molar-refractivity contribution < 1.29 is 13.9 Å². The summed E-state index contributed by atoms with van der Waals surface area (Å²) in [5, 5.41) is 10.4. The van der Waals surface area contributed by atoms with Gasteiger partial charge in [0.2, 0.25) is 0 Å². The van der Waals surface area contributed by atoms with Crippen LogP contribution in [0, 0.1) is 11.6 Å². The van der Waals surface area contributed by atoms with E-state index in [1.54, 1.807) is 12.1 Å². The van der Waals surface area contributed by atoms with Crippen LogP contribution in [0.25, 0.3) is 22.6 Å². The topological polar surface area (TPSA) is 55.1 Å². The van der Waals surface area contributed by atoms with Gasteiger partial charge in [0.25, 0.3) is 5.56 Å². The lowest BCUT2D eigenvalue weighted by Gasteiger charge is -2.18. The molecule has 6 heteroatoms. The number of hydrogen-bond acceptors (Lipinski definition) is 3. The average Bonchev–Trinajstić information content (AvgIpc) is 2.80. The number of halogens is 2. The highest BCUT2D eigenvalue weighted by Crippen LogP contribution is 2.32. The van der Waals surface area contributed by atoms with E-state index in [1.807, 2.05) is 37.3 Å². The fraction of sp³-hybridized carbons (Fsp3) is 0.154. The second-order valence-corrected chi connectivity index (χ2v) is 7.45. The Morgan fingerprint density at radius 2 is 1.72 bits per heavy atom. The number of aromatic hydroxyl groups is 1. The van der Waals surface area contributed by atoms with Crippen LogP contribution in [0.3, 0.4) is 0 Å². The molecule has 1 heterocycles. The molecule has 0 amide bonds.